The monoisotopic (exact) mass is 382 g/mol. The summed E-state index contributed by atoms with van der Waals surface area (Å²) in [7, 11) is 3.20. The molecule has 1 heterocycles. The molecule has 0 spiro atoms. The van der Waals surface area contributed by atoms with Crippen molar-refractivity contribution < 1.29 is 19.1 Å². The highest BCUT2D eigenvalue weighted by Gasteiger charge is 2.24. The fourth-order valence-corrected chi connectivity index (χ4v) is 3.31. The molecular formula is C22H26N2O4. The number of nitrogens with zero attached hydrogens (tertiary/aromatic N) is 1. The minimum absolute atomic E-state index is 0.144. The van der Waals surface area contributed by atoms with E-state index in [2.05, 4.69) is 5.32 Å². The molecule has 1 N–H and O–H groups in total. The second-order valence-corrected chi connectivity index (χ2v) is 6.98. The number of rotatable bonds is 6. The van der Waals surface area contributed by atoms with Crippen LogP contribution in [-0.4, -0.2) is 37.5 Å². The summed E-state index contributed by atoms with van der Waals surface area (Å²) in [5, 5.41) is 2.82. The van der Waals surface area contributed by atoms with Gasteiger partial charge in [0.05, 0.1) is 14.2 Å². The number of aryl methyl sites for hydroxylation is 1. The van der Waals surface area contributed by atoms with Crippen LogP contribution in [0.2, 0.25) is 0 Å². The van der Waals surface area contributed by atoms with Crippen LogP contribution in [0.4, 0.5) is 0 Å². The molecule has 1 aliphatic rings. The first kappa shape index (κ1) is 19.7. The van der Waals surface area contributed by atoms with Crippen LogP contribution in [0.15, 0.2) is 36.4 Å². The summed E-state index contributed by atoms with van der Waals surface area (Å²) in [6.45, 7) is 3.50. The molecule has 0 aromatic heterocycles. The van der Waals surface area contributed by atoms with E-state index in [0.717, 1.165) is 23.1 Å². The second kappa shape index (κ2) is 8.78. The molecule has 148 valence electrons. The number of nitrogens with one attached hydrogen (secondary N) is 1. The van der Waals surface area contributed by atoms with Gasteiger partial charge in [-0.05, 0) is 42.2 Å². The Labute approximate surface area is 165 Å². The molecule has 2 aromatic rings. The highest BCUT2D eigenvalue weighted by Crippen LogP contribution is 2.33. The van der Waals surface area contributed by atoms with Gasteiger partial charge in [-0.25, -0.2) is 0 Å². The molecule has 0 unspecified atom stereocenters. The number of methoxy groups -OCH3 is 2. The zero-order valence-electron chi connectivity index (χ0n) is 16.6. The summed E-state index contributed by atoms with van der Waals surface area (Å²) >= 11 is 0. The zero-order chi connectivity index (χ0) is 20.1. The van der Waals surface area contributed by atoms with Crippen molar-refractivity contribution in [2.45, 2.75) is 32.9 Å². The molecule has 3 rings (SSSR count). The molecule has 2 amide bonds. The van der Waals surface area contributed by atoms with Crippen molar-refractivity contribution in [3.05, 3.63) is 58.7 Å². The summed E-state index contributed by atoms with van der Waals surface area (Å²) < 4.78 is 10.7. The topological polar surface area (TPSA) is 67.9 Å². The number of ether oxygens (including phenoxy) is 2. The minimum Gasteiger partial charge on any atom is -0.493 e. The van der Waals surface area contributed by atoms with Crippen LogP contribution in [0.25, 0.3) is 0 Å². The van der Waals surface area contributed by atoms with Gasteiger partial charge in [0, 0.05) is 19.6 Å². The summed E-state index contributed by atoms with van der Waals surface area (Å²) in [6.07, 6.45) is 0.584. The standard InChI is InChI=1S/C22H26N2O4/c1-15-4-6-16(7-5-15)13-23-21(25)12-22(26)24-9-8-17-10-19(27-2)20(28-3)11-18(17)14-24/h4-7,10-11H,8-9,12-14H2,1-3H3,(H,23,25). The Morgan fingerprint density at radius 1 is 1.04 bits per heavy atom. The third kappa shape index (κ3) is 4.63. The third-order valence-electron chi connectivity index (χ3n) is 4.99. The first-order valence-electron chi connectivity index (χ1n) is 9.34. The molecule has 1 aliphatic heterocycles. The molecule has 0 atom stereocenters. The molecule has 0 saturated carbocycles. The Morgan fingerprint density at radius 2 is 1.68 bits per heavy atom. The lowest BCUT2D eigenvalue weighted by molar-refractivity contribution is -0.136. The van der Waals surface area contributed by atoms with E-state index in [0.29, 0.717) is 31.1 Å². The lowest BCUT2D eigenvalue weighted by atomic mass is 9.98. The molecule has 2 aromatic carbocycles. The average molecular weight is 382 g/mol. The van der Waals surface area contributed by atoms with Gasteiger partial charge in [0.1, 0.15) is 6.42 Å². The maximum absolute atomic E-state index is 12.6. The second-order valence-electron chi connectivity index (χ2n) is 6.98. The molecule has 6 heteroatoms. The van der Waals surface area contributed by atoms with Gasteiger partial charge >= 0.3 is 0 Å². The largest absolute Gasteiger partial charge is 0.493 e. The quantitative estimate of drug-likeness (QED) is 0.780. The lowest BCUT2D eigenvalue weighted by Gasteiger charge is -2.29. The Balaban J connectivity index is 1.56. The molecule has 0 bridgehead atoms. The number of fused-ring (bicyclic) bond motifs is 1. The molecule has 0 fully saturated rings. The Kier molecular flexibility index (Phi) is 6.19. The van der Waals surface area contributed by atoms with E-state index in [-0.39, 0.29) is 18.2 Å². The number of amides is 2. The van der Waals surface area contributed by atoms with Gasteiger partial charge in [0.25, 0.3) is 0 Å². The first-order valence-corrected chi connectivity index (χ1v) is 9.34. The lowest BCUT2D eigenvalue weighted by Crippen LogP contribution is -2.38. The van der Waals surface area contributed by atoms with Crippen molar-refractivity contribution >= 4 is 11.8 Å². The molecule has 0 saturated heterocycles. The molecule has 0 aliphatic carbocycles. The van der Waals surface area contributed by atoms with Gasteiger partial charge in [-0.3, -0.25) is 9.59 Å². The summed E-state index contributed by atoms with van der Waals surface area (Å²) in [5.41, 5.74) is 4.35. The first-order chi connectivity index (χ1) is 13.5. The summed E-state index contributed by atoms with van der Waals surface area (Å²) in [5.74, 6) is 0.911. The van der Waals surface area contributed by atoms with Gasteiger partial charge in [-0.15, -0.1) is 0 Å². The van der Waals surface area contributed by atoms with Crippen LogP contribution >= 0.6 is 0 Å². The van der Waals surface area contributed by atoms with E-state index in [1.165, 1.54) is 5.56 Å². The number of hydrogen-bond donors (Lipinski definition) is 1. The van der Waals surface area contributed by atoms with Crippen LogP contribution in [-0.2, 0) is 29.1 Å². The fourth-order valence-electron chi connectivity index (χ4n) is 3.31. The van der Waals surface area contributed by atoms with E-state index in [4.69, 9.17) is 9.47 Å². The predicted octanol–water partition coefficient (Wildman–Crippen LogP) is 2.60. The van der Waals surface area contributed by atoms with Crippen LogP contribution in [0.1, 0.15) is 28.7 Å². The average Bonchev–Trinajstić information content (AvgIpc) is 2.71. The highest BCUT2D eigenvalue weighted by atomic mass is 16.5. The predicted molar refractivity (Wildman–Crippen MR) is 106 cm³/mol. The Morgan fingerprint density at radius 3 is 2.32 bits per heavy atom. The third-order valence-corrected chi connectivity index (χ3v) is 4.99. The molecule has 28 heavy (non-hydrogen) atoms. The highest BCUT2D eigenvalue weighted by molar-refractivity contribution is 5.96. The van der Waals surface area contributed by atoms with Gasteiger partial charge in [0.2, 0.25) is 11.8 Å². The Bertz CT molecular complexity index is 862. The fraction of sp³-hybridized carbons (Fsp3) is 0.364. The summed E-state index contributed by atoms with van der Waals surface area (Å²) in [6, 6.07) is 11.8. The van der Waals surface area contributed by atoms with Crippen molar-refractivity contribution in [3.8, 4) is 11.5 Å². The maximum Gasteiger partial charge on any atom is 0.232 e. The van der Waals surface area contributed by atoms with Gasteiger partial charge in [-0.1, -0.05) is 29.8 Å². The normalized spacial score (nSPS) is 12.9. The van der Waals surface area contributed by atoms with Gasteiger partial charge in [-0.2, -0.15) is 0 Å². The van der Waals surface area contributed by atoms with Crippen molar-refractivity contribution in [1.29, 1.82) is 0 Å². The van der Waals surface area contributed by atoms with E-state index in [1.54, 1.807) is 19.1 Å². The van der Waals surface area contributed by atoms with Crippen LogP contribution < -0.4 is 14.8 Å². The van der Waals surface area contributed by atoms with Gasteiger partial charge in [0.15, 0.2) is 11.5 Å². The zero-order valence-corrected chi connectivity index (χ0v) is 16.6. The number of carbonyl (C=O) groups is 2. The van der Waals surface area contributed by atoms with Gasteiger partial charge < -0.3 is 19.7 Å². The molecular weight excluding hydrogens is 356 g/mol. The number of carbonyl (C=O) groups excluding carboxylic acids is 2. The SMILES string of the molecule is COc1cc2c(cc1OC)CN(C(=O)CC(=O)NCc1ccc(C)cc1)CC2. The number of hydrogen-bond acceptors (Lipinski definition) is 4. The van der Waals surface area contributed by atoms with E-state index in [1.807, 2.05) is 43.3 Å². The molecule has 0 radical (unpaired) electrons. The number of benzene rings is 2. The summed E-state index contributed by atoms with van der Waals surface area (Å²) in [4.78, 5) is 26.5. The van der Waals surface area contributed by atoms with Crippen molar-refractivity contribution in [2.75, 3.05) is 20.8 Å². The van der Waals surface area contributed by atoms with Crippen molar-refractivity contribution in [3.63, 3.8) is 0 Å². The molecule has 6 nitrogen and oxygen atoms in total. The van der Waals surface area contributed by atoms with Crippen LogP contribution in [0.3, 0.4) is 0 Å². The van der Waals surface area contributed by atoms with E-state index >= 15 is 0 Å². The van der Waals surface area contributed by atoms with Crippen molar-refractivity contribution in [2.24, 2.45) is 0 Å². The van der Waals surface area contributed by atoms with Crippen LogP contribution in [0.5, 0.6) is 11.5 Å². The van der Waals surface area contributed by atoms with E-state index in [9.17, 15) is 9.59 Å². The van der Waals surface area contributed by atoms with E-state index < -0.39 is 0 Å². The minimum atomic E-state index is -0.260. The van der Waals surface area contributed by atoms with Crippen LogP contribution in [0, 0.1) is 6.92 Å². The Hall–Kier alpha value is -3.02. The maximum atomic E-state index is 12.6. The van der Waals surface area contributed by atoms with Crippen molar-refractivity contribution in [1.82, 2.24) is 10.2 Å². The smallest absolute Gasteiger partial charge is 0.232 e.